The van der Waals surface area contributed by atoms with Crippen molar-refractivity contribution in [2.45, 2.75) is 46.1 Å². The van der Waals surface area contributed by atoms with Crippen molar-refractivity contribution in [3.8, 4) is 0 Å². The van der Waals surface area contributed by atoms with E-state index in [0.717, 1.165) is 6.42 Å². The maximum atomic E-state index is 10.9. The zero-order chi connectivity index (χ0) is 10.6. The summed E-state index contributed by atoms with van der Waals surface area (Å²) < 4.78 is 0. The van der Waals surface area contributed by atoms with Crippen molar-refractivity contribution in [2.24, 2.45) is 17.6 Å². The van der Waals surface area contributed by atoms with Gasteiger partial charge in [-0.3, -0.25) is 0 Å². The van der Waals surface area contributed by atoms with Crippen molar-refractivity contribution in [3.63, 3.8) is 0 Å². The van der Waals surface area contributed by atoms with Gasteiger partial charge in [-0.05, 0) is 18.3 Å². The SMILES string of the molecule is CCC(C)C(N)(CC(C)C)C(=O)[O-]. The molecule has 0 amide bonds. The fourth-order valence-corrected chi connectivity index (χ4v) is 1.53. The van der Waals surface area contributed by atoms with Crippen LogP contribution in [0.3, 0.4) is 0 Å². The molecule has 2 atom stereocenters. The van der Waals surface area contributed by atoms with Crippen LogP contribution < -0.4 is 10.8 Å². The van der Waals surface area contributed by atoms with E-state index in [0.29, 0.717) is 6.42 Å². The van der Waals surface area contributed by atoms with Crippen LogP contribution >= 0.6 is 0 Å². The fourth-order valence-electron chi connectivity index (χ4n) is 1.53. The van der Waals surface area contributed by atoms with E-state index in [9.17, 15) is 9.90 Å². The maximum absolute atomic E-state index is 10.9. The first-order valence-corrected chi connectivity index (χ1v) is 4.84. The van der Waals surface area contributed by atoms with Crippen molar-refractivity contribution in [1.82, 2.24) is 0 Å². The first kappa shape index (κ1) is 12.4. The van der Waals surface area contributed by atoms with Crippen molar-refractivity contribution in [2.75, 3.05) is 0 Å². The van der Waals surface area contributed by atoms with Crippen LogP contribution in [0.4, 0.5) is 0 Å². The molecule has 0 aromatic carbocycles. The van der Waals surface area contributed by atoms with E-state index >= 15 is 0 Å². The average molecular weight is 186 g/mol. The summed E-state index contributed by atoms with van der Waals surface area (Å²) in [6.07, 6.45) is 1.24. The molecule has 0 aliphatic heterocycles. The summed E-state index contributed by atoms with van der Waals surface area (Å²) in [6, 6.07) is 0. The highest BCUT2D eigenvalue weighted by Gasteiger charge is 2.32. The lowest BCUT2D eigenvalue weighted by atomic mass is 9.78. The first-order valence-electron chi connectivity index (χ1n) is 4.84. The summed E-state index contributed by atoms with van der Waals surface area (Å²) >= 11 is 0. The van der Waals surface area contributed by atoms with Crippen LogP contribution in [0.1, 0.15) is 40.5 Å². The Hall–Kier alpha value is -0.570. The third kappa shape index (κ3) is 2.99. The molecule has 13 heavy (non-hydrogen) atoms. The molecule has 0 rings (SSSR count). The highest BCUT2D eigenvalue weighted by atomic mass is 16.4. The second kappa shape index (κ2) is 4.61. The van der Waals surface area contributed by atoms with Gasteiger partial charge in [0.15, 0.2) is 0 Å². The smallest absolute Gasteiger partial charge is 0.0616 e. The zero-order valence-corrected chi connectivity index (χ0v) is 8.96. The van der Waals surface area contributed by atoms with E-state index in [1.54, 1.807) is 0 Å². The Morgan fingerprint density at radius 2 is 1.92 bits per heavy atom. The molecule has 0 heterocycles. The van der Waals surface area contributed by atoms with Crippen LogP contribution in [0, 0.1) is 11.8 Å². The summed E-state index contributed by atoms with van der Waals surface area (Å²) in [5.41, 5.74) is 4.67. The van der Waals surface area contributed by atoms with E-state index in [1.807, 2.05) is 27.7 Å². The standard InChI is InChI=1S/C10H21NO2/c1-5-8(4)10(11,9(12)13)6-7(2)3/h7-8H,5-6,11H2,1-4H3,(H,12,13)/p-1. The van der Waals surface area contributed by atoms with E-state index < -0.39 is 11.5 Å². The molecule has 0 radical (unpaired) electrons. The zero-order valence-electron chi connectivity index (χ0n) is 8.96. The number of aliphatic carboxylic acids is 1. The molecule has 0 aromatic heterocycles. The lowest BCUT2D eigenvalue weighted by molar-refractivity contribution is -0.315. The van der Waals surface area contributed by atoms with Gasteiger partial charge in [-0.2, -0.15) is 0 Å². The Balaban J connectivity index is 4.62. The van der Waals surface area contributed by atoms with Crippen molar-refractivity contribution in [3.05, 3.63) is 0 Å². The lowest BCUT2D eigenvalue weighted by Gasteiger charge is -2.37. The van der Waals surface area contributed by atoms with E-state index in [2.05, 4.69) is 0 Å². The van der Waals surface area contributed by atoms with Gasteiger partial charge in [0, 0.05) is 0 Å². The molecule has 0 saturated carbocycles. The number of carbonyl (C=O) groups is 1. The summed E-state index contributed by atoms with van der Waals surface area (Å²) in [5.74, 6) is -0.896. The summed E-state index contributed by atoms with van der Waals surface area (Å²) in [4.78, 5) is 10.9. The molecule has 0 spiro atoms. The molecule has 0 bridgehead atoms. The molecule has 2 N–H and O–H groups in total. The van der Waals surface area contributed by atoms with Crippen LogP contribution in [-0.2, 0) is 4.79 Å². The van der Waals surface area contributed by atoms with Gasteiger partial charge in [-0.1, -0.05) is 34.1 Å². The van der Waals surface area contributed by atoms with Crippen molar-refractivity contribution < 1.29 is 9.90 Å². The molecule has 78 valence electrons. The molecular formula is C10H20NO2-. The average Bonchev–Trinajstić information content (AvgIpc) is 2.01. The van der Waals surface area contributed by atoms with Crippen LogP contribution in [0.5, 0.6) is 0 Å². The van der Waals surface area contributed by atoms with Gasteiger partial charge in [-0.15, -0.1) is 0 Å². The summed E-state index contributed by atoms with van der Waals surface area (Å²) in [6.45, 7) is 7.73. The van der Waals surface area contributed by atoms with Gasteiger partial charge in [0.25, 0.3) is 0 Å². The first-order chi connectivity index (χ1) is 5.84. The molecular weight excluding hydrogens is 166 g/mol. The fraction of sp³-hybridized carbons (Fsp3) is 0.900. The predicted molar refractivity (Wildman–Crippen MR) is 50.8 cm³/mol. The molecule has 2 unspecified atom stereocenters. The molecule has 0 aliphatic carbocycles. The minimum Gasteiger partial charge on any atom is -0.548 e. The van der Waals surface area contributed by atoms with Gasteiger partial charge in [0.05, 0.1) is 11.5 Å². The lowest BCUT2D eigenvalue weighted by Crippen LogP contribution is -2.60. The van der Waals surface area contributed by atoms with E-state index in [1.165, 1.54) is 0 Å². The Kier molecular flexibility index (Phi) is 4.40. The topological polar surface area (TPSA) is 66.2 Å². The molecule has 0 aromatic rings. The number of carboxylic acid groups (broad SMARTS) is 1. The number of carbonyl (C=O) groups excluding carboxylic acids is 1. The third-order valence-corrected chi connectivity index (χ3v) is 2.62. The number of nitrogens with two attached hydrogens (primary N) is 1. The van der Waals surface area contributed by atoms with Crippen LogP contribution in [0.2, 0.25) is 0 Å². The van der Waals surface area contributed by atoms with E-state index in [-0.39, 0.29) is 11.8 Å². The minimum atomic E-state index is -1.16. The molecule has 0 aliphatic rings. The predicted octanol–water partition coefficient (Wildman–Crippen LogP) is 0.526. The number of carboxylic acids is 1. The van der Waals surface area contributed by atoms with Gasteiger partial charge in [0.2, 0.25) is 0 Å². The Morgan fingerprint density at radius 3 is 2.15 bits per heavy atom. The quantitative estimate of drug-likeness (QED) is 0.681. The van der Waals surface area contributed by atoms with Crippen molar-refractivity contribution >= 4 is 5.97 Å². The van der Waals surface area contributed by atoms with Gasteiger partial charge < -0.3 is 15.6 Å². The second-order valence-corrected chi connectivity index (χ2v) is 4.24. The third-order valence-electron chi connectivity index (χ3n) is 2.62. The van der Waals surface area contributed by atoms with Crippen LogP contribution in [-0.4, -0.2) is 11.5 Å². The molecule has 0 saturated heterocycles. The second-order valence-electron chi connectivity index (χ2n) is 4.24. The molecule has 3 nitrogen and oxygen atoms in total. The van der Waals surface area contributed by atoms with E-state index in [4.69, 9.17) is 5.73 Å². The monoisotopic (exact) mass is 186 g/mol. The highest BCUT2D eigenvalue weighted by Crippen LogP contribution is 2.24. The number of hydrogen-bond acceptors (Lipinski definition) is 3. The highest BCUT2D eigenvalue weighted by molar-refractivity contribution is 5.76. The Labute approximate surface area is 80.3 Å². The van der Waals surface area contributed by atoms with Crippen LogP contribution in [0.15, 0.2) is 0 Å². The number of rotatable bonds is 5. The Morgan fingerprint density at radius 1 is 1.46 bits per heavy atom. The number of hydrogen-bond donors (Lipinski definition) is 1. The minimum absolute atomic E-state index is 0.0418. The largest absolute Gasteiger partial charge is 0.548 e. The normalized spacial score (nSPS) is 18.3. The molecule has 3 heteroatoms. The van der Waals surface area contributed by atoms with Crippen molar-refractivity contribution in [1.29, 1.82) is 0 Å². The summed E-state index contributed by atoms with van der Waals surface area (Å²) in [5, 5.41) is 10.9. The summed E-state index contributed by atoms with van der Waals surface area (Å²) in [7, 11) is 0. The molecule has 0 fully saturated rings. The van der Waals surface area contributed by atoms with Gasteiger partial charge in [-0.25, -0.2) is 0 Å². The van der Waals surface area contributed by atoms with Crippen LogP contribution in [0.25, 0.3) is 0 Å². The van der Waals surface area contributed by atoms with Gasteiger partial charge >= 0.3 is 0 Å². The Bertz CT molecular complexity index is 180. The maximum Gasteiger partial charge on any atom is 0.0616 e. The van der Waals surface area contributed by atoms with Gasteiger partial charge in [0.1, 0.15) is 0 Å².